The van der Waals surface area contributed by atoms with Gasteiger partial charge in [0.05, 0.1) is 4.92 Å². The topological polar surface area (TPSA) is 83.7 Å². The fraction of sp³-hybridized carbons (Fsp3) is 0.500. The Hall–Kier alpha value is -1.95. The molecule has 1 fully saturated rings. The number of aliphatic carboxylic acids is 1. The molecule has 20 heavy (non-hydrogen) atoms. The van der Waals surface area contributed by atoms with Crippen LogP contribution in [0.15, 0.2) is 24.3 Å². The number of nitrogens with zero attached hydrogens (tertiary/aromatic N) is 2. The number of hydrogen-bond donors (Lipinski definition) is 1. The molecule has 1 heterocycles. The Morgan fingerprint density at radius 1 is 1.50 bits per heavy atom. The maximum atomic E-state index is 11.6. The van der Waals surface area contributed by atoms with Gasteiger partial charge in [-0.05, 0) is 25.8 Å². The molecule has 0 amide bonds. The fourth-order valence-electron chi connectivity index (χ4n) is 2.99. The van der Waals surface area contributed by atoms with Crippen LogP contribution < -0.4 is 0 Å². The van der Waals surface area contributed by atoms with Gasteiger partial charge in [0, 0.05) is 18.2 Å². The number of nitro groups is 1. The molecule has 1 atom stereocenters. The molecule has 0 bridgehead atoms. The number of rotatable bonds is 5. The Bertz CT molecular complexity index is 532. The van der Waals surface area contributed by atoms with E-state index in [0.717, 1.165) is 6.42 Å². The third-order valence-electron chi connectivity index (χ3n) is 4.16. The van der Waals surface area contributed by atoms with Gasteiger partial charge in [0.15, 0.2) is 0 Å². The van der Waals surface area contributed by atoms with Crippen LogP contribution in [-0.2, 0) is 11.3 Å². The summed E-state index contributed by atoms with van der Waals surface area (Å²) in [5.41, 5.74) is -0.266. The molecule has 1 aliphatic rings. The molecule has 6 heteroatoms. The van der Waals surface area contributed by atoms with Crippen molar-refractivity contribution in [1.29, 1.82) is 0 Å². The lowest BCUT2D eigenvalue weighted by Gasteiger charge is -2.33. The predicted octanol–water partition coefficient (Wildman–Crippen LogP) is 2.42. The van der Waals surface area contributed by atoms with E-state index in [2.05, 4.69) is 0 Å². The van der Waals surface area contributed by atoms with Crippen molar-refractivity contribution < 1.29 is 14.8 Å². The number of hydrogen-bond acceptors (Lipinski definition) is 4. The van der Waals surface area contributed by atoms with Gasteiger partial charge in [0.2, 0.25) is 0 Å². The SMILES string of the molecule is CCC1(C(=O)O)CCCN1Cc1ccccc1[N+](=O)[O-]. The fourth-order valence-corrected chi connectivity index (χ4v) is 2.99. The second-order valence-electron chi connectivity index (χ2n) is 5.10. The summed E-state index contributed by atoms with van der Waals surface area (Å²) in [6.07, 6.45) is 1.91. The first kappa shape index (κ1) is 14.5. The van der Waals surface area contributed by atoms with E-state index in [1.54, 1.807) is 18.2 Å². The summed E-state index contributed by atoms with van der Waals surface area (Å²) in [6, 6.07) is 6.52. The molecule has 0 aromatic heterocycles. The molecule has 1 unspecified atom stereocenters. The first-order chi connectivity index (χ1) is 9.51. The smallest absolute Gasteiger partial charge is 0.324 e. The number of para-hydroxylation sites is 1. The van der Waals surface area contributed by atoms with Crippen LogP contribution in [0.2, 0.25) is 0 Å². The maximum absolute atomic E-state index is 11.6. The Labute approximate surface area is 117 Å². The molecule has 1 N–H and O–H groups in total. The van der Waals surface area contributed by atoms with Gasteiger partial charge in [-0.25, -0.2) is 0 Å². The van der Waals surface area contributed by atoms with Gasteiger partial charge in [-0.3, -0.25) is 19.8 Å². The molecule has 1 aromatic rings. The lowest BCUT2D eigenvalue weighted by atomic mass is 9.92. The summed E-state index contributed by atoms with van der Waals surface area (Å²) < 4.78 is 0. The summed E-state index contributed by atoms with van der Waals surface area (Å²) >= 11 is 0. The molecule has 0 spiro atoms. The molecule has 1 saturated heterocycles. The average molecular weight is 278 g/mol. The highest BCUT2D eigenvalue weighted by Gasteiger charge is 2.46. The van der Waals surface area contributed by atoms with Crippen molar-refractivity contribution in [2.24, 2.45) is 0 Å². The number of likely N-dealkylation sites (tertiary alicyclic amines) is 1. The van der Waals surface area contributed by atoms with Gasteiger partial charge in [-0.15, -0.1) is 0 Å². The first-order valence-electron chi connectivity index (χ1n) is 6.72. The minimum Gasteiger partial charge on any atom is -0.480 e. The summed E-state index contributed by atoms with van der Waals surface area (Å²) in [5, 5.41) is 20.5. The molecule has 1 aromatic carbocycles. The molecule has 1 aliphatic heterocycles. The van der Waals surface area contributed by atoms with Crippen molar-refractivity contribution in [3.63, 3.8) is 0 Å². The van der Waals surface area contributed by atoms with Gasteiger partial charge in [-0.1, -0.05) is 25.1 Å². The van der Waals surface area contributed by atoms with Gasteiger partial charge in [0.1, 0.15) is 5.54 Å². The van der Waals surface area contributed by atoms with Gasteiger partial charge < -0.3 is 5.11 Å². The third kappa shape index (κ3) is 2.38. The number of benzene rings is 1. The van der Waals surface area contributed by atoms with Gasteiger partial charge in [0.25, 0.3) is 5.69 Å². The monoisotopic (exact) mass is 278 g/mol. The maximum Gasteiger partial charge on any atom is 0.324 e. The van der Waals surface area contributed by atoms with E-state index in [0.29, 0.717) is 31.5 Å². The summed E-state index contributed by atoms with van der Waals surface area (Å²) in [7, 11) is 0. The Morgan fingerprint density at radius 3 is 2.80 bits per heavy atom. The van der Waals surface area contributed by atoms with Crippen molar-refractivity contribution >= 4 is 11.7 Å². The number of carboxylic acid groups (broad SMARTS) is 1. The molecular weight excluding hydrogens is 260 g/mol. The van der Waals surface area contributed by atoms with Crippen LogP contribution in [0.3, 0.4) is 0 Å². The average Bonchev–Trinajstić information content (AvgIpc) is 2.83. The van der Waals surface area contributed by atoms with Crippen molar-refractivity contribution in [3.05, 3.63) is 39.9 Å². The van der Waals surface area contributed by atoms with Gasteiger partial charge in [-0.2, -0.15) is 0 Å². The van der Waals surface area contributed by atoms with Crippen molar-refractivity contribution in [3.8, 4) is 0 Å². The minimum atomic E-state index is -0.885. The Morgan fingerprint density at radius 2 is 2.20 bits per heavy atom. The lowest BCUT2D eigenvalue weighted by molar-refractivity contribution is -0.385. The minimum absolute atomic E-state index is 0.0507. The Kier molecular flexibility index (Phi) is 4.04. The highest BCUT2D eigenvalue weighted by molar-refractivity contribution is 5.79. The van der Waals surface area contributed by atoms with Crippen LogP contribution in [0.4, 0.5) is 5.69 Å². The number of carbonyl (C=O) groups is 1. The number of carboxylic acids is 1. The molecule has 6 nitrogen and oxygen atoms in total. The zero-order chi connectivity index (χ0) is 14.8. The van der Waals surface area contributed by atoms with Crippen molar-refractivity contribution in [2.75, 3.05) is 6.54 Å². The van der Waals surface area contributed by atoms with Crippen molar-refractivity contribution in [2.45, 2.75) is 38.3 Å². The summed E-state index contributed by atoms with van der Waals surface area (Å²) in [6.45, 7) is 2.81. The zero-order valence-corrected chi connectivity index (χ0v) is 11.4. The Balaban J connectivity index is 2.30. The van der Waals surface area contributed by atoms with Crippen LogP contribution in [0.1, 0.15) is 31.7 Å². The van der Waals surface area contributed by atoms with E-state index in [1.165, 1.54) is 6.07 Å². The van der Waals surface area contributed by atoms with Crippen LogP contribution in [0.5, 0.6) is 0 Å². The van der Waals surface area contributed by atoms with E-state index >= 15 is 0 Å². The molecule has 108 valence electrons. The van der Waals surface area contributed by atoms with E-state index in [1.807, 2.05) is 11.8 Å². The molecule has 2 rings (SSSR count). The second-order valence-corrected chi connectivity index (χ2v) is 5.10. The van der Waals surface area contributed by atoms with E-state index in [9.17, 15) is 20.0 Å². The molecular formula is C14H18N2O4. The highest BCUT2D eigenvalue weighted by atomic mass is 16.6. The van der Waals surface area contributed by atoms with E-state index in [-0.39, 0.29) is 5.69 Å². The second kappa shape index (κ2) is 5.58. The normalized spacial score (nSPS) is 22.9. The molecule has 0 radical (unpaired) electrons. The summed E-state index contributed by atoms with van der Waals surface area (Å²) in [5.74, 6) is -0.837. The van der Waals surface area contributed by atoms with Crippen LogP contribution >= 0.6 is 0 Å². The van der Waals surface area contributed by atoms with Crippen LogP contribution in [0, 0.1) is 10.1 Å². The standard InChI is InChI=1S/C14H18N2O4/c1-2-14(13(17)18)8-5-9-15(14)10-11-6-3-4-7-12(11)16(19)20/h3-4,6-7H,2,5,8-10H2,1H3,(H,17,18). The molecule has 0 aliphatic carbocycles. The van der Waals surface area contributed by atoms with Crippen LogP contribution in [0.25, 0.3) is 0 Å². The van der Waals surface area contributed by atoms with E-state index in [4.69, 9.17) is 0 Å². The van der Waals surface area contributed by atoms with E-state index < -0.39 is 16.4 Å². The quantitative estimate of drug-likeness (QED) is 0.660. The van der Waals surface area contributed by atoms with Gasteiger partial charge >= 0.3 is 5.97 Å². The molecule has 0 saturated carbocycles. The zero-order valence-electron chi connectivity index (χ0n) is 11.4. The predicted molar refractivity (Wildman–Crippen MR) is 73.4 cm³/mol. The first-order valence-corrected chi connectivity index (χ1v) is 6.72. The highest BCUT2D eigenvalue weighted by Crippen LogP contribution is 2.35. The summed E-state index contributed by atoms with van der Waals surface area (Å²) in [4.78, 5) is 24.1. The lowest BCUT2D eigenvalue weighted by Crippen LogP contribution is -2.49. The number of nitro benzene ring substituents is 1. The van der Waals surface area contributed by atoms with Crippen LogP contribution in [-0.4, -0.2) is 33.0 Å². The van der Waals surface area contributed by atoms with Crippen molar-refractivity contribution in [1.82, 2.24) is 4.90 Å². The largest absolute Gasteiger partial charge is 0.480 e. The third-order valence-corrected chi connectivity index (χ3v) is 4.16.